The van der Waals surface area contributed by atoms with Crippen molar-refractivity contribution in [3.63, 3.8) is 0 Å². The highest BCUT2D eigenvalue weighted by atomic mass is 35.5. The molecule has 1 aliphatic heterocycles. The van der Waals surface area contributed by atoms with E-state index in [-0.39, 0.29) is 35.8 Å². The van der Waals surface area contributed by atoms with Gasteiger partial charge in [0.05, 0.1) is 22.3 Å². The van der Waals surface area contributed by atoms with Crippen LogP contribution in [0, 0.1) is 0 Å². The number of ether oxygens (including phenoxy) is 1. The number of hydrogen-bond acceptors (Lipinski definition) is 6. The van der Waals surface area contributed by atoms with Crippen molar-refractivity contribution in [2.24, 2.45) is 0 Å². The van der Waals surface area contributed by atoms with Crippen LogP contribution in [0.3, 0.4) is 0 Å². The zero-order valence-corrected chi connectivity index (χ0v) is 16.8. The quantitative estimate of drug-likeness (QED) is 0.718. The molecular formula is C15H21ClN2O6S2. The molecule has 26 heavy (non-hydrogen) atoms. The molecule has 11 heteroatoms. The Bertz CT molecular complexity index is 877. The number of nitrogens with one attached hydrogen (secondary N) is 1. The van der Waals surface area contributed by atoms with Gasteiger partial charge in [0.1, 0.15) is 11.5 Å². The van der Waals surface area contributed by atoms with Crippen LogP contribution in [-0.2, 0) is 24.7 Å². The van der Waals surface area contributed by atoms with Gasteiger partial charge in [-0.3, -0.25) is 4.79 Å². The lowest BCUT2D eigenvalue weighted by Gasteiger charge is -2.30. The first kappa shape index (κ1) is 20.9. The molecule has 0 bridgehead atoms. The number of carbonyl (C=O) groups is 1. The molecular weight excluding hydrogens is 404 g/mol. The highest BCUT2D eigenvalue weighted by Crippen LogP contribution is 2.30. The summed E-state index contributed by atoms with van der Waals surface area (Å²) in [4.78, 5) is 11.4. The van der Waals surface area contributed by atoms with Gasteiger partial charge in [0.2, 0.25) is 15.9 Å². The predicted molar refractivity (Wildman–Crippen MR) is 97.6 cm³/mol. The molecule has 8 nitrogen and oxygen atoms in total. The van der Waals surface area contributed by atoms with Gasteiger partial charge in [0, 0.05) is 20.1 Å². The molecule has 1 aliphatic rings. The third-order valence-electron chi connectivity index (χ3n) is 4.28. The summed E-state index contributed by atoms with van der Waals surface area (Å²) in [6.07, 6.45) is 0.283. The van der Waals surface area contributed by atoms with E-state index in [1.54, 1.807) is 0 Å². The number of sulfonamides is 1. The van der Waals surface area contributed by atoms with Crippen molar-refractivity contribution in [2.45, 2.75) is 23.0 Å². The molecule has 1 heterocycles. The van der Waals surface area contributed by atoms with Crippen molar-refractivity contribution in [2.75, 3.05) is 33.0 Å². The number of amides is 1. The van der Waals surface area contributed by atoms with Crippen LogP contribution in [0.15, 0.2) is 23.1 Å². The Morgan fingerprint density at radius 2 is 1.88 bits per heavy atom. The summed E-state index contributed by atoms with van der Waals surface area (Å²) >= 11 is 5.99. The fraction of sp³-hybridized carbons (Fsp3) is 0.533. The van der Waals surface area contributed by atoms with E-state index in [9.17, 15) is 21.6 Å². The SMILES string of the molecule is CNC(=O)CS(=O)(=O)C1CCN(S(=O)(=O)c2ccc(OC)c(Cl)c2)CC1. The second-order valence-corrected chi connectivity index (χ2v) is 10.5. The molecule has 0 radical (unpaired) electrons. The number of carbonyl (C=O) groups excluding carboxylic acids is 1. The molecule has 146 valence electrons. The minimum atomic E-state index is -3.79. The van der Waals surface area contributed by atoms with Gasteiger partial charge in [-0.1, -0.05) is 11.6 Å². The fourth-order valence-corrected chi connectivity index (χ4v) is 6.25. The second kappa shape index (κ2) is 8.12. The van der Waals surface area contributed by atoms with Crippen LogP contribution >= 0.6 is 11.6 Å². The average molecular weight is 425 g/mol. The molecule has 1 saturated heterocycles. The molecule has 0 aliphatic carbocycles. The lowest BCUT2D eigenvalue weighted by Crippen LogP contribution is -2.44. The molecule has 0 aromatic heterocycles. The van der Waals surface area contributed by atoms with Crippen molar-refractivity contribution in [3.8, 4) is 5.75 Å². The third kappa shape index (κ3) is 4.48. The van der Waals surface area contributed by atoms with E-state index in [0.29, 0.717) is 5.75 Å². The van der Waals surface area contributed by atoms with Gasteiger partial charge in [-0.15, -0.1) is 0 Å². The lowest BCUT2D eigenvalue weighted by molar-refractivity contribution is -0.118. The van der Waals surface area contributed by atoms with E-state index >= 15 is 0 Å². The molecule has 0 atom stereocenters. The topological polar surface area (TPSA) is 110 Å². The number of benzene rings is 1. The smallest absolute Gasteiger partial charge is 0.243 e. The number of nitrogens with zero attached hydrogens (tertiary/aromatic N) is 1. The minimum absolute atomic E-state index is 0.0231. The first-order valence-electron chi connectivity index (χ1n) is 7.87. The highest BCUT2D eigenvalue weighted by Gasteiger charge is 2.35. The van der Waals surface area contributed by atoms with Gasteiger partial charge in [0.25, 0.3) is 0 Å². The summed E-state index contributed by atoms with van der Waals surface area (Å²) < 4.78 is 56.2. The second-order valence-electron chi connectivity index (χ2n) is 5.88. The van der Waals surface area contributed by atoms with E-state index in [1.807, 2.05) is 0 Å². The maximum atomic E-state index is 12.7. The number of methoxy groups -OCH3 is 1. The van der Waals surface area contributed by atoms with E-state index < -0.39 is 36.8 Å². The average Bonchev–Trinajstić information content (AvgIpc) is 2.61. The molecule has 1 N–H and O–H groups in total. The Hall–Kier alpha value is -1.36. The van der Waals surface area contributed by atoms with Gasteiger partial charge < -0.3 is 10.1 Å². The van der Waals surface area contributed by atoms with Crippen LogP contribution in [0.2, 0.25) is 5.02 Å². The largest absolute Gasteiger partial charge is 0.495 e. The van der Waals surface area contributed by atoms with Crippen molar-refractivity contribution in [1.29, 1.82) is 0 Å². The molecule has 1 aromatic rings. The Morgan fingerprint density at radius 3 is 2.38 bits per heavy atom. The standard InChI is InChI=1S/C15H21ClN2O6S2/c1-17-15(19)10-25(20,21)11-5-7-18(8-6-11)26(22,23)12-3-4-14(24-2)13(16)9-12/h3-4,9,11H,5-8,10H2,1-2H3,(H,17,19). The van der Waals surface area contributed by atoms with Gasteiger partial charge in [-0.2, -0.15) is 4.31 Å². The Balaban J connectivity index is 2.11. The molecule has 2 rings (SSSR count). The van der Waals surface area contributed by atoms with Crippen LogP contribution < -0.4 is 10.1 Å². The zero-order valence-electron chi connectivity index (χ0n) is 14.4. The van der Waals surface area contributed by atoms with Crippen LogP contribution in [-0.4, -0.2) is 65.3 Å². The summed E-state index contributed by atoms with van der Waals surface area (Å²) in [6.45, 7) is 0.118. The molecule has 0 spiro atoms. The third-order valence-corrected chi connectivity index (χ3v) is 8.62. The first-order valence-corrected chi connectivity index (χ1v) is 11.4. The van der Waals surface area contributed by atoms with E-state index in [0.717, 1.165) is 0 Å². The van der Waals surface area contributed by atoms with Gasteiger partial charge in [-0.25, -0.2) is 16.8 Å². The number of sulfone groups is 1. The summed E-state index contributed by atoms with van der Waals surface area (Å²) in [5.41, 5.74) is 0. The highest BCUT2D eigenvalue weighted by molar-refractivity contribution is 7.92. The Labute approximate surface area is 158 Å². The maximum Gasteiger partial charge on any atom is 0.243 e. The Morgan fingerprint density at radius 1 is 1.27 bits per heavy atom. The lowest BCUT2D eigenvalue weighted by atomic mass is 10.2. The van der Waals surface area contributed by atoms with Crippen LogP contribution in [0.25, 0.3) is 0 Å². The van der Waals surface area contributed by atoms with Crippen molar-refractivity contribution in [1.82, 2.24) is 9.62 Å². The Kier molecular flexibility index (Phi) is 6.54. The monoisotopic (exact) mass is 424 g/mol. The van der Waals surface area contributed by atoms with Gasteiger partial charge in [-0.05, 0) is 31.0 Å². The number of hydrogen-bond donors (Lipinski definition) is 1. The molecule has 1 aromatic carbocycles. The van der Waals surface area contributed by atoms with Crippen molar-refractivity contribution in [3.05, 3.63) is 23.2 Å². The number of halogens is 1. The normalized spacial score (nSPS) is 17.0. The van der Waals surface area contributed by atoms with Crippen molar-refractivity contribution < 1.29 is 26.4 Å². The predicted octanol–water partition coefficient (Wildman–Crippen LogP) is 0.663. The molecule has 0 saturated carbocycles. The summed E-state index contributed by atoms with van der Waals surface area (Å²) in [6, 6.07) is 4.17. The minimum Gasteiger partial charge on any atom is -0.495 e. The van der Waals surface area contributed by atoms with Gasteiger partial charge in [0.15, 0.2) is 9.84 Å². The summed E-state index contributed by atoms with van der Waals surface area (Å²) in [5.74, 6) is -0.799. The van der Waals surface area contributed by atoms with Crippen LogP contribution in [0.1, 0.15) is 12.8 Å². The fourth-order valence-electron chi connectivity index (χ4n) is 2.76. The van der Waals surface area contributed by atoms with E-state index in [4.69, 9.17) is 16.3 Å². The van der Waals surface area contributed by atoms with Crippen LogP contribution in [0.4, 0.5) is 0 Å². The molecule has 1 amide bonds. The van der Waals surface area contributed by atoms with E-state index in [2.05, 4.69) is 5.32 Å². The summed E-state index contributed by atoms with van der Waals surface area (Å²) in [5, 5.41) is 1.73. The number of piperidine rings is 1. The molecule has 0 unspecified atom stereocenters. The first-order chi connectivity index (χ1) is 12.1. The maximum absolute atomic E-state index is 12.7. The van der Waals surface area contributed by atoms with Gasteiger partial charge >= 0.3 is 0 Å². The van der Waals surface area contributed by atoms with E-state index in [1.165, 1.54) is 36.7 Å². The molecule has 1 fully saturated rings. The van der Waals surface area contributed by atoms with Crippen molar-refractivity contribution >= 4 is 37.4 Å². The van der Waals surface area contributed by atoms with Crippen LogP contribution in [0.5, 0.6) is 5.75 Å². The number of rotatable bonds is 6. The zero-order chi connectivity index (χ0) is 19.5. The summed E-state index contributed by atoms with van der Waals surface area (Å²) in [7, 11) is -4.60.